The fourth-order valence-corrected chi connectivity index (χ4v) is 3.85. The molecular weight excluding hydrogens is 362 g/mol. The van der Waals surface area contributed by atoms with Crippen molar-refractivity contribution in [1.29, 1.82) is 0 Å². The van der Waals surface area contributed by atoms with Crippen LogP contribution in [-0.2, 0) is 17.9 Å². The third-order valence-corrected chi connectivity index (χ3v) is 5.74. The van der Waals surface area contributed by atoms with Crippen molar-refractivity contribution in [2.75, 3.05) is 18.4 Å². The fraction of sp³-hybridized carbons (Fsp3) is 0.417. The lowest BCUT2D eigenvalue weighted by molar-refractivity contribution is -0.117. The molecule has 1 saturated heterocycles. The Hall–Kier alpha value is -2.66. The van der Waals surface area contributed by atoms with Gasteiger partial charge in [0.25, 0.3) is 5.91 Å². The second kappa shape index (κ2) is 9.23. The number of nitrogens with one attached hydrogen (secondary N) is 2. The lowest BCUT2D eigenvalue weighted by Crippen LogP contribution is -2.30. The molecule has 1 aliphatic heterocycles. The SMILES string of the molecule is O=C(NCc1ccccc1CN1CCCCC1)c1cccc(NC(=O)C2CC2)c1. The Kier molecular flexibility index (Phi) is 6.25. The first kappa shape index (κ1) is 19.6. The van der Waals surface area contributed by atoms with Crippen molar-refractivity contribution in [2.24, 2.45) is 5.92 Å². The average molecular weight is 392 g/mol. The highest BCUT2D eigenvalue weighted by Crippen LogP contribution is 2.30. The van der Waals surface area contributed by atoms with E-state index in [1.54, 1.807) is 12.1 Å². The Morgan fingerprint density at radius 2 is 1.69 bits per heavy atom. The molecule has 0 bridgehead atoms. The Labute approximate surface area is 172 Å². The minimum absolute atomic E-state index is 0.0502. The van der Waals surface area contributed by atoms with Gasteiger partial charge >= 0.3 is 0 Å². The molecule has 152 valence electrons. The lowest BCUT2D eigenvalue weighted by atomic mass is 10.0. The molecule has 5 nitrogen and oxygen atoms in total. The van der Waals surface area contributed by atoms with E-state index >= 15 is 0 Å². The van der Waals surface area contributed by atoms with Crippen LogP contribution >= 0.6 is 0 Å². The molecule has 1 heterocycles. The molecule has 2 aliphatic rings. The summed E-state index contributed by atoms with van der Waals surface area (Å²) in [4.78, 5) is 27.1. The molecule has 4 rings (SSSR count). The largest absolute Gasteiger partial charge is 0.348 e. The van der Waals surface area contributed by atoms with E-state index in [0.29, 0.717) is 17.8 Å². The highest BCUT2D eigenvalue weighted by atomic mass is 16.2. The number of carbonyl (C=O) groups excluding carboxylic acids is 2. The number of hydrogen-bond donors (Lipinski definition) is 2. The molecule has 0 aromatic heterocycles. The first-order valence-electron chi connectivity index (χ1n) is 10.7. The molecule has 0 unspecified atom stereocenters. The number of hydrogen-bond acceptors (Lipinski definition) is 3. The number of nitrogens with zero attached hydrogens (tertiary/aromatic N) is 1. The van der Waals surface area contributed by atoms with E-state index in [9.17, 15) is 9.59 Å². The van der Waals surface area contributed by atoms with Gasteiger partial charge in [0.1, 0.15) is 0 Å². The Morgan fingerprint density at radius 3 is 2.45 bits per heavy atom. The van der Waals surface area contributed by atoms with Crippen LogP contribution in [0.15, 0.2) is 48.5 Å². The topological polar surface area (TPSA) is 61.4 Å². The molecule has 2 aromatic rings. The predicted octanol–water partition coefficient (Wildman–Crippen LogP) is 3.95. The van der Waals surface area contributed by atoms with E-state index in [1.165, 1.54) is 24.8 Å². The molecule has 5 heteroatoms. The van der Waals surface area contributed by atoms with Crippen molar-refractivity contribution in [3.05, 3.63) is 65.2 Å². The van der Waals surface area contributed by atoms with Crippen LogP contribution in [0.4, 0.5) is 5.69 Å². The Morgan fingerprint density at radius 1 is 0.931 bits per heavy atom. The summed E-state index contributed by atoms with van der Waals surface area (Å²) in [7, 11) is 0. The third-order valence-electron chi connectivity index (χ3n) is 5.74. The van der Waals surface area contributed by atoms with Gasteiger partial charge in [-0.2, -0.15) is 0 Å². The molecule has 0 radical (unpaired) electrons. The van der Waals surface area contributed by atoms with Crippen LogP contribution in [0.2, 0.25) is 0 Å². The molecular formula is C24H29N3O2. The summed E-state index contributed by atoms with van der Waals surface area (Å²) < 4.78 is 0. The van der Waals surface area contributed by atoms with Crippen molar-refractivity contribution >= 4 is 17.5 Å². The van der Waals surface area contributed by atoms with Crippen molar-refractivity contribution in [2.45, 2.75) is 45.2 Å². The summed E-state index contributed by atoms with van der Waals surface area (Å²) in [6, 6.07) is 15.5. The van der Waals surface area contributed by atoms with E-state index < -0.39 is 0 Å². The zero-order valence-corrected chi connectivity index (χ0v) is 16.8. The van der Waals surface area contributed by atoms with Gasteiger partial charge in [-0.25, -0.2) is 0 Å². The molecule has 0 spiro atoms. The molecule has 2 aromatic carbocycles. The van der Waals surface area contributed by atoms with Crippen LogP contribution in [0.1, 0.15) is 53.6 Å². The maximum Gasteiger partial charge on any atom is 0.251 e. The van der Waals surface area contributed by atoms with Gasteiger partial charge in [-0.1, -0.05) is 36.8 Å². The van der Waals surface area contributed by atoms with E-state index in [-0.39, 0.29) is 17.7 Å². The highest BCUT2D eigenvalue weighted by Gasteiger charge is 2.29. The molecule has 2 fully saturated rings. The molecule has 0 atom stereocenters. The number of carbonyl (C=O) groups is 2. The average Bonchev–Trinajstić information content (AvgIpc) is 3.59. The van der Waals surface area contributed by atoms with Gasteiger partial charge in [0.2, 0.25) is 5.91 Å². The first-order valence-corrected chi connectivity index (χ1v) is 10.7. The Bertz CT molecular complexity index is 870. The summed E-state index contributed by atoms with van der Waals surface area (Å²) in [5.41, 5.74) is 3.68. The molecule has 2 amide bonds. The van der Waals surface area contributed by atoms with Crippen LogP contribution in [0.3, 0.4) is 0 Å². The summed E-state index contributed by atoms with van der Waals surface area (Å²) in [5, 5.41) is 5.94. The lowest BCUT2D eigenvalue weighted by Gasteiger charge is -2.27. The monoisotopic (exact) mass is 391 g/mol. The van der Waals surface area contributed by atoms with Crippen LogP contribution in [0.25, 0.3) is 0 Å². The van der Waals surface area contributed by atoms with Gasteiger partial charge in [0, 0.05) is 30.3 Å². The van der Waals surface area contributed by atoms with Crippen molar-refractivity contribution in [3.63, 3.8) is 0 Å². The minimum Gasteiger partial charge on any atom is -0.348 e. The minimum atomic E-state index is -0.125. The van der Waals surface area contributed by atoms with Crippen molar-refractivity contribution < 1.29 is 9.59 Å². The first-order chi connectivity index (χ1) is 14.2. The second-order valence-electron chi connectivity index (χ2n) is 8.13. The van der Waals surface area contributed by atoms with Crippen LogP contribution in [-0.4, -0.2) is 29.8 Å². The molecule has 1 aliphatic carbocycles. The summed E-state index contributed by atoms with van der Waals surface area (Å²) >= 11 is 0. The second-order valence-corrected chi connectivity index (χ2v) is 8.13. The van der Waals surface area contributed by atoms with Crippen LogP contribution in [0, 0.1) is 5.92 Å². The number of anilines is 1. The van der Waals surface area contributed by atoms with E-state index in [4.69, 9.17) is 0 Å². The number of benzene rings is 2. The van der Waals surface area contributed by atoms with Crippen molar-refractivity contribution in [3.8, 4) is 0 Å². The number of likely N-dealkylation sites (tertiary alicyclic amines) is 1. The summed E-state index contributed by atoms with van der Waals surface area (Å²) in [6.45, 7) is 3.75. The third kappa shape index (κ3) is 5.45. The van der Waals surface area contributed by atoms with Gasteiger partial charge in [-0.05, 0) is 68.1 Å². The molecule has 1 saturated carbocycles. The van der Waals surface area contributed by atoms with Gasteiger partial charge in [0.05, 0.1) is 0 Å². The molecule has 29 heavy (non-hydrogen) atoms. The quantitative estimate of drug-likeness (QED) is 0.751. The van der Waals surface area contributed by atoms with Crippen LogP contribution in [0.5, 0.6) is 0 Å². The summed E-state index contributed by atoms with van der Waals surface area (Å²) in [6.07, 6.45) is 5.79. The highest BCUT2D eigenvalue weighted by molar-refractivity contribution is 5.98. The van der Waals surface area contributed by atoms with Gasteiger partial charge in [0.15, 0.2) is 0 Å². The van der Waals surface area contributed by atoms with E-state index in [1.807, 2.05) is 18.2 Å². The number of rotatable bonds is 7. The number of piperidine rings is 1. The zero-order chi connectivity index (χ0) is 20.1. The molecule has 2 N–H and O–H groups in total. The van der Waals surface area contributed by atoms with Crippen LogP contribution < -0.4 is 10.6 Å². The standard InChI is InChI=1S/C24H29N3O2/c28-23(19-9-6-10-22(15-19)26-24(29)18-11-12-18)25-16-20-7-2-3-8-21(20)17-27-13-4-1-5-14-27/h2-3,6-10,15,18H,1,4-5,11-14,16-17H2,(H,25,28)(H,26,29). The van der Waals surface area contributed by atoms with E-state index in [2.05, 4.69) is 33.7 Å². The smallest absolute Gasteiger partial charge is 0.251 e. The summed E-state index contributed by atoms with van der Waals surface area (Å²) in [5.74, 6) is 0.0679. The van der Waals surface area contributed by atoms with Gasteiger partial charge < -0.3 is 10.6 Å². The maximum absolute atomic E-state index is 12.7. The number of amides is 2. The van der Waals surface area contributed by atoms with Gasteiger partial charge in [-0.3, -0.25) is 14.5 Å². The normalized spacial score (nSPS) is 17.0. The van der Waals surface area contributed by atoms with Crippen molar-refractivity contribution in [1.82, 2.24) is 10.2 Å². The predicted molar refractivity (Wildman–Crippen MR) is 115 cm³/mol. The zero-order valence-electron chi connectivity index (χ0n) is 16.8. The maximum atomic E-state index is 12.7. The Balaban J connectivity index is 1.36. The fourth-order valence-electron chi connectivity index (χ4n) is 3.85. The van der Waals surface area contributed by atoms with E-state index in [0.717, 1.165) is 38.0 Å². The van der Waals surface area contributed by atoms with Gasteiger partial charge in [-0.15, -0.1) is 0 Å².